The molecule has 0 amide bonds. The quantitative estimate of drug-likeness (QED) is 0.572. The molecule has 5 heteroatoms. The highest BCUT2D eigenvalue weighted by atomic mass is 16.6. The van der Waals surface area contributed by atoms with Crippen molar-refractivity contribution in [2.45, 2.75) is 92.1 Å². The molecule has 2 saturated carbocycles. The van der Waals surface area contributed by atoms with Gasteiger partial charge in [0.2, 0.25) is 0 Å². The van der Waals surface area contributed by atoms with Crippen molar-refractivity contribution >= 4 is 17.7 Å². The Balaban J connectivity index is 1.72. The molecule has 170 valence electrons. The maximum Gasteiger partial charge on any atom is 0.307 e. The zero-order valence-electron chi connectivity index (χ0n) is 19.8. The molecular weight excluding hydrogens is 392 g/mol. The minimum Gasteiger partial charge on any atom is -0.451 e. The summed E-state index contributed by atoms with van der Waals surface area (Å²) >= 11 is 0. The fourth-order valence-electron chi connectivity index (χ4n) is 8.06. The van der Waals surface area contributed by atoms with Crippen LogP contribution in [0.4, 0.5) is 0 Å². The third-order valence-corrected chi connectivity index (χ3v) is 9.35. The lowest BCUT2D eigenvalue weighted by molar-refractivity contribution is -0.186. The van der Waals surface area contributed by atoms with E-state index in [0.29, 0.717) is 24.2 Å². The fraction of sp³-hybridized carbons (Fsp3) is 0.731. The lowest BCUT2D eigenvalue weighted by Gasteiger charge is -2.59. The molecule has 0 N–H and O–H groups in total. The summed E-state index contributed by atoms with van der Waals surface area (Å²) in [6, 6.07) is 0. The van der Waals surface area contributed by atoms with E-state index in [9.17, 15) is 14.4 Å². The third-order valence-electron chi connectivity index (χ3n) is 9.35. The Kier molecular flexibility index (Phi) is 5.26. The van der Waals surface area contributed by atoms with Crippen LogP contribution in [0, 0.1) is 28.6 Å². The number of hydrogen-bond acceptors (Lipinski definition) is 5. The van der Waals surface area contributed by atoms with Crippen LogP contribution in [0.2, 0.25) is 0 Å². The molecular formula is C26H36O5. The van der Waals surface area contributed by atoms with E-state index in [1.807, 2.05) is 0 Å². The second kappa shape index (κ2) is 7.31. The van der Waals surface area contributed by atoms with Crippen LogP contribution >= 0.6 is 0 Å². The standard InChI is InChI=1S/C26H36O5/c1-15-13-20-21(24(5)10-7-19(14-23(15)24)30-17(3)28)8-11-25(6)22(20)9-12-26(25,16(2)27)31-18(4)29/h14,20-22H,7-13H2,1-6H3/t20-,21+,22+,24-,25+,26+/m1/s1. The first-order chi connectivity index (χ1) is 14.4. The number of ketones is 1. The molecule has 0 aromatic carbocycles. The van der Waals surface area contributed by atoms with Crippen molar-refractivity contribution in [2.24, 2.45) is 28.6 Å². The number of carbonyl (C=O) groups is 3. The molecule has 5 nitrogen and oxygen atoms in total. The highest BCUT2D eigenvalue weighted by molar-refractivity contribution is 5.89. The van der Waals surface area contributed by atoms with Crippen LogP contribution in [0.3, 0.4) is 0 Å². The summed E-state index contributed by atoms with van der Waals surface area (Å²) in [5.74, 6) is 1.53. The normalized spacial score (nSPS) is 41.5. The van der Waals surface area contributed by atoms with E-state index in [4.69, 9.17) is 9.47 Å². The average molecular weight is 429 g/mol. The van der Waals surface area contributed by atoms with Gasteiger partial charge >= 0.3 is 11.9 Å². The fourth-order valence-corrected chi connectivity index (χ4v) is 8.06. The Labute approximate surface area is 185 Å². The first-order valence-electron chi connectivity index (χ1n) is 11.7. The smallest absolute Gasteiger partial charge is 0.307 e. The van der Waals surface area contributed by atoms with Gasteiger partial charge in [-0.25, -0.2) is 0 Å². The van der Waals surface area contributed by atoms with Gasteiger partial charge in [-0.3, -0.25) is 14.4 Å². The first kappa shape index (κ1) is 22.3. The predicted molar refractivity (Wildman–Crippen MR) is 117 cm³/mol. The molecule has 4 aliphatic rings. The molecule has 0 aromatic heterocycles. The second-order valence-electron chi connectivity index (χ2n) is 10.9. The van der Waals surface area contributed by atoms with Gasteiger partial charge in [-0.05, 0) is 87.2 Å². The first-order valence-corrected chi connectivity index (χ1v) is 11.7. The Hall–Kier alpha value is -1.91. The monoisotopic (exact) mass is 428 g/mol. The van der Waals surface area contributed by atoms with Crippen LogP contribution in [0.1, 0.15) is 86.5 Å². The number of rotatable bonds is 3. The van der Waals surface area contributed by atoms with E-state index >= 15 is 0 Å². The highest BCUT2D eigenvalue weighted by Crippen LogP contribution is 2.68. The zero-order valence-corrected chi connectivity index (χ0v) is 19.8. The van der Waals surface area contributed by atoms with Gasteiger partial charge in [0, 0.05) is 25.7 Å². The molecule has 6 atom stereocenters. The molecule has 2 fully saturated rings. The second-order valence-corrected chi connectivity index (χ2v) is 10.9. The van der Waals surface area contributed by atoms with Gasteiger partial charge < -0.3 is 9.47 Å². The minimum absolute atomic E-state index is 0.00672. The lowest BCUT2D eigenvalue weighted by atomic mass is 9.46. The maximum atomic E-state index is 12.9. The van der Waals surface area contributed by atoms with Crippen molar-refractivity contribution in [1.29, 1.82) is 0 Å². The maximum absolute atomic E-state index is 12.9. The Morgan fingerprint density at radius 1 is 0.968 bits per heavy atom. The van der Waals surface area contributed by atoms with Gasteiger partial charge in [-0.15, -0.1) is 0 Å². The number of esters is 2. The SMILES string of the molecule is CC(=O)OC1=CC2=C(C)C[C@@H]3[C@H](CC[C@@]4(C)[C@H]3CC[C@]4(OC(C)=O)C(C)=O)[C@@]2(C)CC1. The van der Waals surface area contributed by atoms with Crippen molar-refractivity contribution in [3.05, 3.63) is 23.0 Å². The van der Waals surface area contributed by atoms with Gasteiger partial charge in [0.05, 0.1) is 0 Å². The van der Waals surface area contributed by atoms with Crippen molar-refractivity contribution in [3.8, 4) is 0 Å². The summed E-state index contributed by atoms with van der Waals surface area (Å²) < 4.78 is 11.3. The minimum atomic E-state index is -0.984. The van der Waals surface area contributed by atoms with Crippen LogP contribution < -0.4 is 0 Å². The lowest BCUT2D eigenvalue weighted by Crippen LogP contribution is -2.58. The third kappa shape index (κ3) is 3.14. The van der Waals surface area contributed by atoms with E-state index in [-0.39, 0.29) is 28.6 Å². The van der Waals surface area contributed by atoms with E-state index in [2.05, 4.69) is 26.8 Å². The number of hydrogen-bond donors (Lipinski definition) is 0. The number of ether oxygens (including phenoxy) is 2. The van der Waals surface area contributed by atoms with Crippen LogP contribution in [0.5, 0.6) is 0 Å². The number of allylic oxidation sites excluding steroid dienone is 4. The Bertz CT molecular complexity index is 897. The van der Waals surface area contributed by atoms with Crippen molar-refractivity contribution < 1.29 is 23.9 Å². The van der Waals surface area contributed by atoms with Gasteiger partial charge in [-0.2, -0.15) is 0 Å². The van der Waals surface area contributed by atoms with E-state index < -0.39 is 5.60 Å². The Morgan fingerprint density at radius 3 is 2.26 bits per heavy atom. The topological polar surface area (TPSA) is 69.7 Å². The molecule has 0 bridgehead atoms. The number of Topliss-reactive ketones (excluding diaryl/α,β-unsaturated/α-hetero) is 1. The number of fused-ring (bicyclic) bond motifs is 5. The van der Waals surface area contributed by atoms with E-state index in [1.165, 1.54) is 25.0 Å². The van der Waals surface area contributed by atoms with Crippen LogP contribution in [-0.4, -0.2) is 23.3 Å². The summed E-state index contributed by atoms with van der Waals surface area (Å²) in [5.41, 5.74) is 1.47. The Morgan fingerprint density at radius 2 is 1.65 bits per heavy atom. The molecule has 0 heterocycles. The van der Waals surface area contributed by atoms with Crippen molar-refractivity contribution in [1.82, 2.24) is 0 Å². The van der Waals surface area contributed by atoms with Crippen LogP contribution in [-0.2, 0) is 23.9 Å². The molecule has 31 heavy (non-hydrogen) atoms. The van der Waals surface area contributed by atoms with Crippen molar-refractivity contribution in [3.63, 3.8) is 0 Å². The molecule has 0 radical (unpaired) electrons. The van der Waals surface area contributed by atoms with Gasteiger partial charge in [0.15, 0.2) is 11.4 Å². The molecule has 4 rings (SSSR count). The van der Waals surface area contributed by atoms with Crippen molar-refractivity contribution in [2.75, 3.05) is 0 Å². The summed E-state index contributed by atoms with van der Waals surface area (Å²) in [7, 11) is 0. The van der Waals surface area contributed by atoms with Gasteiger partial charge in [-0.1, -0.05) is 19.4 Å². The summed E-state index contributed by atoms with van der Waals surface area (Å²) in [6.07, 6.45) is 8.36. The number of carbonyl (C=O) groups excluding carboxylic acids is 3. The summed E-state index contributed by atoms with van der Waals surface area (Å²) in [4.78, 5) is 36.3. The molecule has 0 unspecified atom stereocenters. The van der Waals surface area contributed by atoms with Crippen LogP contribution in [0.15, 0.2) is 23.0 Å². The molecule has 0 aromatic rings. The largest absolute Gasteiger partial charge is 0.451 e. The van der Waals surface area contributed by atoms with E-state index in [0.717, 1.165) is 44.3 Å². The summed E-state index contributed by atoms with van der Waals surface area (Å²) in [5, 5.41) is 0. The molecule has 0 saturated heterocycles. The van der Waals surface area contributed by atoms with E-state index in [1.54, 1.807) is 6.92 Å². The predicted octanol–water partition coefficient (Wildman–Crippen LogP) is 5.29. The summed E-state index contributed by atoms with van der Waals surface area (Å²) in [6.45, 7) is 11.3. The zero-order chi connectivity index (χ0) is 22.8. The van der Waals surface area contributed by atoms with Gasteiger partial charge in [0.25, 0.3) is 0 Å². The molecule has 4 aliphatic carbocycles. The molecule has 0 spiro atoms. The van der Waals surface area contributed by atoms with Gasteiger partial charge in [0.1, 0.15) is 5.76 Å². The molecule has 0 aliphatic heterocycles. The average Bonchev–Trinajstić information content (AvgIpc) is 2.96. The highest BCUT2D eigenvalue weighted by Gasteiger charge is 2.67. The van der Waals surface area contributed by atoms with Crippen LogP contribution in [0.25, 0.3) is 0 Å².